The van der Waals surface area contributed by atoms with Gasteiger partial charge in [0.1, 0.15) is 5.60 Å². The fourth-order valence-corrected chi connectivity index (χ4v) is 4.07. The van der Waals surface area contributed by atoms with Crippen LogP contribution in [-0.2, 0) is 12.6 Å². The first-order chi connectivity index (χ1) is 15.4. The lowest BCUT2D eigenvalue weighted by Gasteiger charge is -2.40. The Morgan fingerprint density at radius 2 is 2.00 bits per heavy atom. The molecular formula is C24H39N7O. The lowest BCUT2D eigenvalue weighted by atomic mass is 10.0. The molecule has 32 heavy (non-hydrogen) atoms. The van der Waals surface area contributed by atoms with Crippen molar-refractivity contribution in [3.05, 3.63) is 53.9 Å². The minimum Gasteiger partial charge on any atom is -0.383 e. The Labute approximate surface area is 192 Å². The first-order valence-electron chi connectivity index (χ1n) is 11.6. The molecule has 176 valence electrons. The predicted molar refractivity (Wildman–Crippen MR) is 130 cm³/mol. The van der Waals surface area contributed by atoms with Gasteiger partial charge in [0.15, 0.2) is 5.96 Å². The van der Waals surface area contributed by atoms with Gasteiger partial charge in [-0.1, -0.05) is 30.3 Å². The monoisotopic (exact) mass is 441 g/mol. The lowest BCUT2D eigenvalue weighted by molar-refractivity contribution is 0.0671. The van der Waals surface area contributed by atoms with Crippen molar-refractivity contribution in [3.63, 3.8) is 0 Å². The van der Waals surface area contributed by atoms with Crippen LogP contribution in [0.3, 0.4) is 0 Å². The highest BCUT2D eigenvalue weighted by Crippen LogP contribution is 2.24. The van der Waals surface area contributed by atoms with E-state index in [0.717, 1.165) is 57.2 Å². The van der Waals surface area contributed by atoms with E-state index in [9.17, 15) is 5.11 Å². The fraction of sp³-hybridized carbons (Fsp3) is 0.583. The summed E-state index contributed by atoms with van der Waals surface area (Å²) in [7, 11) is 4.05. The number of aliphatic imine (C=N–C) groups is 1. The zero-order valence-electron chi connectivity index (χ0n) is 20.0. The fourth-order valence-electron chi connectivity index (χ4n) is 4.07. The van der Waals surface area contributed by atoms with Gasteiger partial charge >= 0.3 is 0 Å². The largest absolute Gasteiger partial charge is 0.383 e. The molecule has 3 rings (SSSR count). The van der Waals surface area contributed by atoms with Crippen LogP contribution in [-0.4, -0.2) is 83.5 Å². The number of hydrogen-bond acceptors (Lipinski definition) is 5. The number of nitrogens with zero attached hydrogens (tertiary/aromatic N) is 5. The first kappa shape index (κ1) is 24.2. The normalized spacial score (nSPS) is 20.2. The number of hydrogen-bond donors (Lipinski definition) is 3. The number of likely N-dealkylation sites (N-methyl/N-ethyl adjacent to an activating group) is 1. The molecule has 1 aliphatic heterocycles. The quantitative estimate of drug-likeness (QED) is 0.311. The minimum absolute atomic E-state index is 0.266. The van der Waals surface area contributed by atoms with E-state index < -0.39 is 5.60 Å². The number of aromatic nitrogens is 2. The molecule has 3 N–H and O–H groups in total. The van der Waals surface area contributed by atoms with Gasteiger partial charge in [-0.2, -0.15) is 5.10 Å². The highest BCUT2D eigenvalue weighted by atomic mass is 16.3. The van der Waals surface area contributed by atoms with Crippen molar-refractivity contribution in [3.8, 4) is 0 Å². The summed E-state index contributed by atoms with van der Waals surface area (Å²) in [6.45, 7) is 9.96. The molecule has 0 saturated carbocycles. The third kappa shape index (κ3) is 6.79. The molecular weight excluding hydrogens is 402 g/mol. The second-order valence-corrected chi connectivity index (χ2v) is 8.88. The van der Waals surface area contributed by atoms with Crippen molar-refractivity contribution < 1.29 is 5.11 Å². The summed E-state index contributed by atoms with van der Waals surface area (Å²) in [5.41, 5.74) is 1.10. The summed E-state index contributed by atoms with van der Waals surface area (Å²) in [5, 5.41) is 21.6. The molecule has 2 aromatic rings. The minimum atomic E-state index is -1.06. The average molecular weight is 442 g/mol. The maximum absolute atomic E-state index is 10.8. The van der Waals surface area contributed by atoms with E-state index in [2.05, 4.69) is 67.9 Å². The number of nitrogens with one attached hydrogen (secondary N) is 2. The molecule has 8 nitrogen and oxygen atoms in total. The summed E-state index contributed by atoms with van der Waals surface area (Å²) >= 11 is 0. The zero-order chi connectivity index (χ0) is 23.0. The second-order valence-electron chi connectivity index (χ2n) is 8.88. The molecule has 2 heterocycles. The average Bonchev–Trinajstić information content (AvgIpc) is 3.23. The summed E-state index contributed by atoms with van der Waals surface area (Å²) in [6.07, 6.45) is 4.54. The molecule has 0 aliphatic carbocycles. The summed E-state index contributed by atoms with van der Waals surface area (Å²) in [6, 6.07) is 11.2. The summed E-state index contributed by atoms with van der Waals surface area (Å²) in [5.74, 6) is 0.731. The van der Waals surface area contributed by atoms with E-state index in [1.165, 1.54) is 5.56 Å². The van der Waals surface area contributed by atoms with Crippen LogP contribution in [0, 0.1) is 0 Å². The molecule has 2 atom stereocenters. The molecule has 1 fully saturated rings. The molecule has 0 spiro atoms. The Morgan fingerprint density at radius 1 is 1.22 bits per heavy atom. The molecule has 2 unspecified atom stereocenters. The van der Waals surface area contributed by atoms with Gasteiger partial charge in [0.25, 0.3) is 0 Å². The molecule has 1 aliphatic rings. The van der Waals surface area contributed by atoms with Gasteiger partial charge in [-0.05, 0) is 32.9 Å². The highest BCUT2D eigenvalue weighted by Gasteiger charge is 2.26. The van der Waals surface area contributed by atoms with E-state index in [1.807, 2.05) is 20.2 Å². The Bertz CT molecular complexity index is 849. The van der Waals surface area contributed by atoms with E-state index in [4.69, 9.17) is 0 Å². The van der Waals surface area contributed by atoms with E-state index in [0.29, 0.717) is 6.04 Å². The van der Waals surface area contributed by atoms with Crippen LogP contribution in [0.2, 0.25) is 0 Å². The van der Waals surface area contributed by atoms with Crippen molar-refractivity contribution >= 4 is 5.96 Å². The number of guanidine groups is 1. The summed E-state index contributed by atoms with van der Waals surface area (Å²) in [4.78, 5) is 9.62. The van der Waals surface area contributed by atoms with Crippen LogP contribution in [0.15, 0.2) is 47.7 Å². The van der Waals surface area contributed by atoms with Gasteiger partial charge in [-0.3, -0.25) is 9.58 Å². The van der Waals surface area contributed by atoms with Crippen LogP contribution in [0.4, 0.5) is 0 Å². The van der Waals surface area contributed by atoms with Crippen LogP contribution in [0.5, 0.6) is 0 Å². The van der Waals surface area contributed by atoms with Crippen LogP contribution < -0.4 is 10.6 Å². The molecule has 0 bridgehead atoms. The second kappa shape index (κ2) is 11.4. The van der Waals surface area contributed by atoms with E-state index >= 15 is 0 Å². The molecule has 1 aromatic carbocycles. The van der Waals surface area contributed by atoms with Crippen molar-refractivity contribution in [2.45, 2.75) is 31.9 Å². The number of rotatable bonds is 9. The zero-order valence-corrected chi connectivity index (χ0v) is 20.0. The van der Waals surface area contributed by atoms with Gasteiger partial charge in [-0.25, -0.2) is 4.99 Å². The maximum Gasteiger partial charge on any atom is 0.191 e. The third-order valence-electron chi connectivity index (χ3n) is 6.01. The van der Waals surface area contributed by atoms with Crippen molar-refractivity contribution in [2.75, 3.05) is 52.9 Å². The molecule has 8 heteroatoms. The molecule has 0 radical (unpaired) electrons. The lowest BCUT2D eigenvalue weighted by Crippen LogP contribution is -2.47. The number of piperazine rings is 1. The van der Waals surface area contributed by atoms with Gasteiger partial charge in [0, 0.05) is 64.1 Å². The van der Waals surface area contributed by atoms with E-state index in [-0.39, 0.29) is 6.54 Å². The first-order valence-corrected chi connectivity index (χ1v) is 11.6. The van der Waals surface area contributed by atoms with E-state index in [1.54, 1.807) is 17.8 Å². The van der Waals surface area contributed by atoms with Crippen LogP contribution >= 0.6 is 0 Å². The van der Waals surface area contributed by atoms with Crippen molar-refractivity contribution in [2.24, 2.45) is 12.0 Å². The van der Waals surface area contributed by atoms with Crippen molar-refractivity contribution in [1.29, 1.82) is 0 Å². The topological polar surface area (TPSA) is 80.9 Å². The standard InChI is InChI=1S/C24H39N7O/c1-5-25-23(27-19-24(2,32)21-16-28-30(4)17-21)26-12-9-13-31-15-14-29(3)18-22(31)20-10-7-6-8-11-20/h6-8,10-11,16-17,22,32H,5,9,12-15,18-19H2,1-4H3,(H2,25,26,27). The Kier molecular flexibility index (Phi) is 8.67. The Morgan fingerprint density at radius 3 is 2.69 bits per heavy atom. The Hall–Kier alpha value is -2.42. The van der Waals surface area contributed by atoms with Gasteiger partial charge in [-0.15, -0.1) is 0 Å². The number of aryl methyl sites for hydroxylation is 1. The maximum atomic E-state index is 10.8. The Balaban J connectivity index is 1.52. The number of benzene rings is 1. The van der Waals surface area contributed by atoms with Gasteiger partial charge in [0.2, 0.25) is 0 Å². The highest BCUT2D eigenvalue weighted by molar-refractivity contribution is 5.79. The summed E-state index contributed by atoms with van der Waals surface area (Å²) < 4.78 is 1.69. The smallest absolute Gasteiger partial charge is 0.191 e. The number of aliphatic hydroxyl groups is 1. The third-order valence-corrected chi connectivity index (χ3v) is 6.01. The van der Waals surface area contributed by atoms with Crippen molar-refractivity contribution in [1.82, 2.24) is 30.2 Å². The molecule has 1 saturated heterocycles. The van der Waals surface area contributed by atoms with Crippen LogP contribution in [0.25, 0.3) is 0 Å². The van der Waals surface area contributed by atoms with Gasteiger partial charge < -0.3 is 20.6 Å². The van der Waals surface area contributed by atoms with Gasteiger partial charge in [0.05, 0.1) is 12.7 Å². The molecule has 1 aromatic heterocycles. The van der Waals surface area contributed by atoms with Crippen LogP contribution in [0.1, 0.15) is 37.4 Å². The SMILES string of the molecule is CCNC(=NCC(C)(O)c1cnn(C)c1)NCCCN1CCN(C)CC1c1ccccc1. The molecule has 0 amide bonds. The predicted octanol–water partition coefficient (Wildman–Crippen LogP) is 1.56.